The van der Waals surface area contributed by atoms with Crippen molar-refractivity contribution in [3.05, 3.63) is 59.3 Å². The highest BCUT2D eigenvalue weighted by molar-refractivity contribution is 5.94. The van der Waals surface area contributed by atoms with Crippen molar-refractivity contribution in [1.82, 2.24) is 4.57 Å². The van der Waals surface area contributed by atoms with Crippen molar-refractivity contribution in [1.29, 1.82) is 0 Å². The molecule has 2 atom stereocenters. The van der Waals surface area contributed by atoms with Gasteiger partial charge in [0.25, 0.3) is 0 Å². The Labute approximate surface area is 214 Å². The summed E-state index contributed by atoms with van der Waals surface area (Å²) < 4.78 is 42.2. The van der Waals surface area contributed by atoms with E-state index < -0.39 is 34.5 Å². The largest absolute Gasteiger partial charge is 0.507 e. The Hall–Kier alpha value is -2.97. The van der Waals surface area contributed by atoms with Gasteiger partial charge in [0, 0.05) is 46.9 Å². The lowest BCUT2D eigenvalue weighted by Crippen LogP contribution is -2.44. The van der Waals surface area contributed by atoms with Crippen LogP contribution < -0.4 is 0 Å². The molecular formula is C29H33F2NO5. The number of fused-ring (bicyclic) bond motifs is 4. The van der Waals surface area contributed by atoms with Crippen LogP contribution in [0.15, 0.2) is 36.4 Å². The number of ether oxygens (including phenoxy) is 2. The van der Waals surface area contributed by atoms with E-state index in [-0.39, 0.29) is 18.8 Å². The van der Waals surface area contributed by atoms with Crippen LogP contribution in [0.4, 0.5) is 8.78 Å². The Kier molecular flexibility index (Phi) is 6.75. The Morgan fingerprint density at radius 3 is 2.62 bits per heavy atom. The van der Waals surface area contributed by atoms with Gasteiger partial charge in [0.1, 0.15) is 5.75 Å². The molecule has 3 aromatic rings. The summed E-state index contributed by atoms with van der Waals surface area (Å²) in [7, 11) is 0. The molecule has 2 aromatic carbocycles. The maximum absolute atomic E-state index is 14.5. The molecule has 2 N–H and O–H groups in total. The highest BCUT2D eigenvalue weighted by Gasteiger charge is 2.47. The van der Waals surface area contributed by atoms with Crippen LogP contribution in [0.2, 0.25) is 0 Å². The second kappa shape index (κ2) is 9.72. The van der Waals surface area contributed by atoms with Gasteiger partial charge in [-0.25, -0.2) is 13.6 Å². The third-order valence-electron chi connectivity index (χ3n) is 7.96. The van der Waals surface area contributed by atoms with Crippen molar-refractivity contribution in [3.63, 3.8) is 0 Å². The van der Waals surface area contributed by atoms with Crippen molar-refractivity contribution in [3.8, 4) is 11.4 Å². The summed E-state index contributed by atoms with van der Waals surface area (Å²) in [5.41, 5.74) is 1.53. The fourth-order valence-corrected chi connectivity index (χ4v) is 6.26. The van der Waals surface area contributed by atoms with E-state index >= 15 is 0 Å². The Balaban J connectivity index is 1.90. The van der Waals surface area contributed by atoms with Crippen molar-refractivity contribution in [2.24, 2.45) is 0 Å². The smallest absolute Gasteiger partial charge is 0.332 e. The number of aromatic nitrogens is 1. The third-order valence-corrected chi connectivity index (χ3v) is 7.96. The minimum absolute atomic E-state index is 0.0689. The molecule has 0 amide bonds. The SMILES string of the molecule is CC1(C)COCCCCCC2(CCOC(C(=O)O)C2)c2c1n(-c1ccc(F)c(F)c1)c1cccc(O)c21. The van der Waals surface area contributed by atoms with Gasteiger partial charge in [0.05, 0.1) is 12.1 Å². The number of hydrogen-bond donors (Lipinski definition) is 2. The standard InChI is InChI=1S/C29H33F2NO5/c1-28(2)17-36-13-5-3-4-11-29(12-14-37-23(16-29)27(34)35)25-24-21(7-6-8-22(24)33)32(26(25)28)18-9-10-19(30)20(31)15-18/h6-10,15,23,33H,3-5,11-14,16-17H2,1-2H3,(H,34,35). The van der Waals surface area contributed by atoms with E-state index in [0.29, 0.717) is 42.6 Å². The van der Waals surface area contributed by atoms with Crippen LogP contribution in [0.1, 0.15) is 63.6 Å². The van der Waals surface area contributed by atoms with Gasteiger partial charge >= 0.3 is 5.97 Å². The van der Waals surface area contributed by atoms with Gasteiger partial charge in [-0.3, -0.25) is 0 Å². The first-order valence-corrected chi connectivity index (χ1v) is 12.9. The van der Waals surface area contributed by atoms with Crippen LogP contribution in [0.5, 0.6) is 5.75 Å². The molecule has 1 aromatic heterocycles. The van der Waals surface area contributed by atoms with Crippen LogP contribution in [0, 0.1) is 11.6 Å². The van der Waals surface area contributed by atoms with E-state index in [0.717, 1.165) is 42.7 Å². The molecule has 1 spiro atoms. The number of aromatic hydroxyl groups is 1. The van der Waals surface area contributed by atoms with Crippen LogP contribution in [0.25, 0.3) is 16.6 Å². The van der Waals surface area contributed by atoms with Gasteiger partial charge in [0.15, 0.2) is 17.7 Å². The molecule has 37 heavy (non-hydrogen) atoms. The predicted octanol–water partition coefficient (Wildman–Crippen LogP) is 5.98. The Morgan fingerprint density at radius 1 is 1.05 bits per heavy atom. The molecule has 5 rings (SSSR count). The zero-order chi connectivity index (χ0) is 26.4. The molecule has 0 saturated carbocycles. The number of benzene rings is 2. The summed E-state index contributed by atoms with van der Waals surface area (Å²) in [6.07, 6.45) is 3.28. The second-order valence-electron chi connectivity index (χ2n) is 11.0. The number of hydrogen-bond acceptors (Lipinski definition) is 4. The predicted molar refractivity (Wildman–Crippen MR) is 135 cm³/mol. The summed E-state index contributed by atoms with van der Waals surface area (Å²) >= 11 is 0. The number of aliphatic carboxylic acids is 1. The summed E-state index contributed by atoms with van der Waals surface area (Å²) in [6.45, 7) is 5.33. The lowest BCUT2D eigenvalue weighted by Gasteiger charge is -2.42. The molecule has 0 radical (unpaired) electrons. The zero-order valence-corrected chi connectivity index (χ0v) is 21.2. The number of carbonyl (C=O) groups is 1. The lowest BCUT2D eigenvalue weighted by atomic mass is 9.66. The molecule has 1 fully saturated rings. The maximum atomic E-state index is 14.5. The van der Waals surface area contributed by atoms with E-state index in [1.807, 2.05) is 24.5 Å². The van der Waals surface area contributed by atoms with Crippen molar-refractivity contribution in [2.75, 3.05) is 19.8 Å². The Morgan fingerprint density at radius 2 is 1.86 bits per heavy atom. The summed E-state index contributed by atoms with van der Waals surface area (Å²) in [6, 6.07) is 9.00. The molecule has 2 aliphatic heterocycles. The van der Waals surface area contributed by atoms with E-state index in [1.165, 1.54) is 6.07 Å². The van der Waals surface area contributed by atoms with Crippen molar-refractivity contribution >= 4 is 16.9 Å². The fourth-order valence-electron chi connectivity index (χ4n) is 6.26. The van der Waals surface area contributed by atoms with Gasteiger partial charge < -0.3 is 24.3 Å². The fraction of sp³-hybridized carbons (Fsp3) is 0.483. The van der Waals surface area contributed by atoms with Crippen LogP contribution >= 0.6 is 0 Å². The number of phenols is 1. The monoisotopic (exact) mass is 513 g/mol. The van der Waals surface area contributed by atoms with Crippen molar-refractivity contribution < 1.29 is 33.3 Å². The number of phenolic OH excluding ortho intramolecular Hbond substituents is 1. The maximum Gasteiger partial charge on any atom is 0.332 e. The number of nitrogens with zero attached hydrogens (tertiary/aromatic N) is 1. The topological polar surface area (TPSA) is 80.9 Å². The average molecular weight is 514 g/mol. The number of carboxylic acids is 1. The van der Waals surface area contributed by atoms with Crippen molar-refractivity contribution in [2.45, 2.75) is 69.3 Å². The first-order valence-electron chi connectivity index (χ1n) is 12.9. The highest BCUT2D eigenvalue weighted by Crippen LogP contribution is 2.52. The summed E-state index contributed by atoms with van der Waals surface area (Å²) in [5, 5.41) is 21.8. The molecule has 0 bridgehead atoms. The number of halogens is 2. The van der Waals surface area contributed by atoms with Crippen LogP contribution in [-0.4, -0.2) is 46.7 Å². The van der Waals surface area contributed by atoms with Gasteiger partial charge in [-0.15, -0.1) is 0 Å². The number of rotatable bonds is 2. The zero-order valence-electron chi connectivity index (χ0n) is 21.2. The average Bonchev–Trinajstić information content (AvgIpc) is 3.22. The number of carboxylic acid groups (broad SMARTS) is 1. The molecular weight excluding hydrogens is 480 g/mol. The van der Waals surface area contributed by atoms with Crippen LogP contribution in [-0.2, 0) is 25.1 Å². The molecule has 198 valence electrons. The Bertz CT molecular complexity index is 1330. The van der Waals surface area contributed by atoms with E-state index in [9.17, 15) is 23.8 Å². The first kappa shape index (κ1) is 25.7. The quantitative estimate of drug-likeness (QED) is 0.440. The highest BCUT2D eigenvalue weighted by atomic mass is 19.2. The van der Waals surface area contributed by atoms with E-state index in [4.69, 9.17) is 9.47 Å². The first-order chi connectivity index (χ1) is 17.6. The summed E-state index contributed by atoms with van der Waals surface area (Å²) in [5.74, 6) is -2.85. The van der Waals surface area contributed by atoms with Gasteiger partial charge in [-0.05, 0) is 55.5 Å². The van der Waals surface area contributed by atoms with Gasteiger partial charge in [-0.1, -0.05) is 32.8 Å². The molecule has 6 nitrogen and oxygen atoms in total. The van der Waals surface area contributed by atoms with Gasteiger partial charge in [-0.2, -0.15) is 0 Å². The molecule has 3 heterocycles. The third kappa shape index (κ3) is 4.50. The minimum atomic E-state index is -1.01. The molecule has 2 unspecified atom stereocenters. The lowest BCUT2D eigenvalue weighted by molar-refractivity contribution is -0.156. The normalized spacial score (nSPS) is 24.5. The molecule has 8 heteroatoms. The minimum Gasteiger partial charge on any atom is -0.507 e. The molecule has 2 aliphatic rings. The van der Waals surface area contributed by atoms with Gasteiger partial charge in [0.2, 0.25) is 0 Å². The van der Waals surface area contributed by atoms with E-state index in [2.05, 4.69) is 0 Å². The van der Waals surface area contributed by atoms with E-state index in [1.54, 1.807) is 12.1 Å². The van der Waals surface area contributed by atoms with Crippen LogP contribution in [0.3, 0.4) is 0 Å². The molecule has 1 saturated heterocycles. The summed E-state index contributed by atoms with van der Waals surface area (Å²) in [4.78, 5) is 12.1. The second-order valence-corrected chi connectivity index (χ2v) is 11.0. The molecule has 0 aliphatic carbocycles.